The Morgan fingerprint density at radius 3 is 2.00 bits per heavy atom. The van der Waals surface area contributed by atoms with Gasteiger partial charge in [0, 0.05) is 6.54 Å². The molecule has 0 aromatic heterocycles. The minimum absolute atomic E-state index is 0.199. The summed E-state index contributed by atoms with van der Waals surface area (Å²) in [6.07, 6.45) is 2.72. The zero-order valence-electron chi connectivity index (χ0n) is 15.2. The molecule has 20 heavy (non-hydrogen) atoms. The molecule has 1 aliphatic heterocycles. The third-order valence-corrected chi connectivity index (χ3v) is 3.05. The maximum absolute atomic E-state index is 11.5. The van der Waals surface area contributed by atoms with Crippen LogP contribution in [0.3, 0.4) is 0 Å². The molecule has 124 valence electrons. The van der Waals surface area contributed by atoms with Crippen molar-refractivity contribution in [1.29, 1.82) is 0 Å². The number of amides is 1. The molecular formula is C16H39N3O. The summed E-state index contributed by atoms with van der Waals surface area (Å²) in [7, 11) is 2.09. The van der Waals surface area contributed by atoms with Crippen molar-refractivity contribution >= 4 is 5.91 Å². The fourth-order valence-corrected chi connectivity index (χ4v) is 2.12. The maximum atomic E-state index is 11.5. The summed E-state index contributed by atoms with van der Waals surface area (Å²) in [5, 5.41) is 3.26. The predicted molar refractivity (Wildman–Crippen MR) is 91.0 cm³/mol. The molecule has 0 aromatic rings. The Labute approximate surface area is 127 Å². The van der Waals surface area contributed by atoms with Crippen LogP contribution < -0.4 is 11.1 Å². The quantitative estimate of drug-likeness (QED) is 0.839. The molecule has 0 bridgehead atoms. The lowest BCUT2D eigenvalue weighted by Gasteiger charge is -2.30. The van der Waals surface area contributed by atoms with Gasteiger partial charge in [-0.2, -0.15) is 0 Å². The SMILES string of the molecule is CC.CC.CC.CCNC1(C(N)=O)CCCN(C)CC1. The van der Waals surface area contributed by atoms with Gasteiger partial charge in [0.25, 0.3) is 0 Å². The summed E-state index contributed by atoms with van der Waals surface area (Å²) in [4.78, 5) is 13.7. The van der Waals surface area contributed by atoms with Gasteiger partial charge in [-0.3, -0.25) is 4.79 Å². The number of hydrogen-bond donors (Lipinski definition) is 2. The van der Waals surface area contributed by atoms with E-state index in [9.17, 15) is 4.79 Å². The molecule has 0 aromatic carbocycles. The number of likely N-dealkylation sites (N-methyl/N-ethyl adjacent to an activating group) is 1. The van der Waals surface area contributed by atoms with Crippen LogP contribution >= 0.6 is 0 Å². The summed E-state index contributed by atoms with van der Waals surface area (Å²) in [6, 6.07) is 0. The van der Waals surface area contributed by atoms with Crippen molar-refractivity contribution in [3.05, 3.63) is 0 Å². The molecule has 1 saturated heterocycles. The third kappa shape index (κ3) is 9.32. The fraction of sp³-hybridized carbons (Fsp3) is 0.938. The van der Waals surface area contributed by atoms with Crippen LogP contribution in [-0.4, -0.2) is 43.0 Å². The molecule has 1 heterocycles. The number of primary amides is 1. The topological polar surface area (TPSA) is 58.4 Å². The molecule has 1 atom stereocenters. The van der Waals surface area contributed by atoms with E-state index in [4.69, 9.17) is 5.73 Å². The zero-order valence-corrected chi connectivity index (χ0v) is 15.2. The van der Waals surface area contributed by atoms with Crippen molar-refractivity contribution in [2.75, 3.05) is 26.7 Å². The van der Waals surface area contributed by atoms with Gasteiger partial charge in [0.05, 0.1) is 5.54 Å². The van der Waals surface area contributed by atoms with E-state index in [-0.39, 0.29) is 5.91 Å². The maximum Gasteiger partial charge on any atom is 0.237 e. The van der Waals surface area contributed by atoms with Gasteiger partial charge >= 0.3 is 0 Å². The highest BCUT2D eigenvalue weighted by molar-refractivity contribution is 5.84. The molecule has 1 fully saturated rings. The molecule has 1 rings (SSSR count). The number of carbonyl (C=O) groups excluding carboxylic acids is 1. The Bertz CT molecular complexity index is 210. The van der Waals surface area contributed by atoms with Crippen LogP contribution in [0, 0.1) is 0 Å². The highest BCUT2D eigenvalue weighted by atomic mass is 16.1. The van der Waals surface area contributed by atoms with Crippen LogP contribution in [0.4, 0.5) is 0 Å². The summed E-state index contributed by atoms with van der Waals surface area (Å²) >= 11 is 0. The highest BCUT2D eigenvalue weighted by Crippen LogP contribution is 2.21. The van der Waals surface area contributed by atoms with Crippen molar-refractivity contribution in [3.63, 3.8) is 0 Å². The van der Waals surface area contributed by atoms with Gasteiger partial charge < -0.3 is 16.0 Å². The van der Waals surface area contributed by atoms with Crippen LogP contribution in [0.2, 0.25) is 0 Å². The lowest BCUT2D eigenvalue weighted by molar-refractivity contribution is -0.124. The van der Waals surface area contributed by atoms with Crippen LogP contribution in [0.5, 0.6) is 0 Å². The summed E-state index contributed by atoms with van der Waals surface area (Å²) in [5.74, 6) is -0.199. The third-order valence-electron chi connectivity index (χ3n) is 3.05. The van der Waals surface area contributed by atoms with Crippen molar-refractivity contribution in [3.8, 4) is 0 Å². The first kappa shape index (κ1) is 24.4. The van der Waals surface area contributed by atoms with E-state index in [0.717, 1.165) is 38.9 Å². The number of rotatable bonds is 3. The summed E-state index contributed by atoms with van der Waals surface area (Å²) in [5.41, 5.74) is 5.02. The van der Waals surface area contributed by atoms with Crippen LogP contribution in [0.1, 0.15) is 67.7 Å². The fourth-order valence-electron chi connectivity index (χ4n) is 2.12. The molecule has 1 unspecified atom stereocenters. The van der Waals surface area contributed by atoms with Gasteiger partial charge in [0.15, 0.2) is 0 Å². The Morgan fingerprint density at radius 2 is 1.60 bits per heavy atom. The first-order valence-electron chi connectivity index (χ1n) is 8.34. The Kier molecular flexibility index (Phi) is 20.1. The summed E-state index contributed by atoms with van der Waals surface area (Å²) in [6.45, 7) is 16.8. The first-order chi connectivity index (χ1) is 9.60. The van der Waals surface area contributed by atoms with E-state index in [2.05, 4.69) is 17.3 Å². The Morgan fingerprint density at radius 1 is 1.10 bits per heavy atom. The largest absolute Gasteiger partial charge is 0.368 e. The number of likely N-dealkylation sites (tertiary alicyclic amines) is 1. The highest BCUT2D eigenvalue weighted by Gasteiger charge is 2.36. The molecule has 0 aliphatic carbocycles. The number of nitrogens with one attached hydrogen (secondary N) is 1. The standard InChI is InChI=1S/C10H21N3O.3C2H6/c1-3-12-10(9(11)14)5-4-7-13(2)8-6-10;3*1-2/h12H,3-8H2,1-2H3,(H2,11,14);3*1-2H3. The van der Waals surface area contributed by atoms with Crippen molar-refractivity contribution in [2.24, 2.45) is 5.73 Å². The van der Waals surface area contributed by atoms with Gasteiger partial charge in [-0.1, -0.05) is 48.5 Å². The van der Waals surface area contributed by atoms with Crippen molar-refractivity contribution < 1.29 is 4.79 Å². The lowest BCUT2D eigenvalue weighted by Crippen LogP contribution is -2.55. The second-order valence-electron chi connectivity index (χ2n) is 4.13. The molecule has 1 aliphatic rings. The number of nitrogens with two attached hydrogens (primary N) is 1. The van der Waals surface area contributed by atoms with Crippen LogP contribution in [0.15, 0.2) is 0 Å². The number of nitrogens with zero attached hydrogens (tertiary/aromatic N) is 1. The van der Waals surface area contributed by atoms with Gasteiger partial charge in [0.1, 0.15) is 0 Å². The average molecular weight is 290 g/mol. The molecular weight excluding hydrogens is 250 g/mol. The van der Waals surface area contributed by atoms with E-state index in [1.807, 2.05) is 48.5 Å². The molecule has 0 spiro atoms. The first-order valence-corrected chi connectivity index (χ1v) is 8.34. The van der Waals surface area contributed by atoms with Gasteiger partial charge in [0.2, 0.25) is 5.91 Å². The normalized spacial score (nSPS) is 21.8. The predicted octanol–water partition coefficient (Wildman–Crippen LogP) is 3.01. The van der Waals surface area contributed by atoms with E-state index >= 15 is 0 Å². The smallest absolute Gasteiger partial charge is 0.237 e. The molecule has 0 saturated carbocycles. The van der Waals surface area contributed by atoms with Crippen LogP contribution in [-0.2, 0) is 4.79 Å². The van der Waals surface area contributed by atoms with Gasteiger partial charge in [-0.15, -0.1) is 0 Å². The minimum Gasteiger partial charge on any atom is -0.368 e. The zero-order chi connectivity index (χ0) is 16.6. The Balaban J connectivity index is -0.000000425. The van der Waals surface area contributed by atoms with Crippen molar-refractivity contribution in [2.45, 2.75) is 73.3 Å². The molecule has 0 radical (unpaired) electrons. The second-order valence-corrected chi connectivity index (χ2v) is 4.13. The van der Waals surface area contributed by atoms with E-state index in [1.165, 1.54) is 0 Å². The van der Waals surface area contributed by atoms with Gasteiger partial charge in [-0.05, 0) is 39.4 Å². The second kappa shape index (κ2) is 16.4. The number of hydrogen-bond acceptors (Lipinski definition) is 3. The Hall–Kier alpha value is -0.610. The van der Waals surface area contributed by atoms with Crippen LogP contribution in [0.25, 0.3) is 0 Å². The number of carbonyl (C=O) groups is 1. The monoisotopic (exact) mass is 289 g/mol. The molecule has 1 amide bonds. The molecule has 3 N–H and O–H groups in total. The summed E-state index contributed by atoms with van der Waals surface area (Å²) < 4.78 is 0. The van der Waals surface area contributed by atoms with Gasteiger partial charge in [-0.25, -0.2) is 0 Å². The van der Waals surface area contributed by atoms with E-state index in [1.54, 1.807) is 0 Å². The minimum atomic E-state index is -0.459. The average Bonchev–Trinajstić information content (AvgIpc) is 2.69. The van der Waals surface area contributed by atoms with Crippen molar-refractivity contribution in [1.82, 2.24) is 10.2 Å². The lowest BCUT2D eigenvalue weighted by atomic mass is 9.89. The molecule has 4 nitrogen and oxygen atoms in total. The van der Waals surface area contributed by atoms with E-state index in [0.29, 0.717) is 0 Å². The molecule has 4 heteroatoms. The van der Waals surface area contributed by atoms with E-state index < -0.39 is 5.54 Å².